The average molecular weight is 451 g/mol. The van der Waals surface area contributed by atoms with Gasteiger partial charge >= 0.3 is 0 Å². The Morgan fingerprint density at radius 2 is 1.79 bits per heavy atom. The van der Waals surface area contributed by atoms with Gasteiger partial charge in [-0.2, -0.15) is 0 Å². The molecule has 33 heavy (non-hydrogen) atoms. The molecular weight excluding hydrogens is 412 g/mol. The quantitative estimate of drug-likeness (QED) is 0.666. The van der Waals surface area contributed by atoms with E-state index in [0.29, 0.717) is 6.54 Å². The van der Waals surface area contributed by atoms with Crippen molar-refractivity contribution >= 4 is 11.9 Å². The third kappa shape index (κ3) is 6.51. The van der Waals surface area contributed by atoms with Crippen LogP contribution in [0.25, 0.3) is 11.1 Å². The standard InChI is InChI=1S/C26H38N6O/c1-30(25(33)17-27)20-22-6-5-7-23(16-22)24-18-28-26(29-19-24)32-14-9-21(10-15-32)8-13-31-11-3-2-4-12-31/h5-7,16,18-19,21H,2-4,8-15,17,20,27H2,1H3. The largest absolute Gasteiger partial charge is 0.341 e. The molecule has 2 aromatic rings. The van der Waals surface area contributed by atoms with Crippen LogP contribution in [0.3, 0.4) is 0 Å². The second-order valence-corrected chi connectivity index (χ2v) is 9.55. The van der Waals surface area contributed by atoms with Crippen molar-refractivity contribution in [2.45, 2.75) is 45.1 Å². The normalized spacial score (nSPS) is 17.8. The lowest BCUT2D eigenvalue weighted by Crippen LogP contribution is -2.37. The second kappa shape index (κ2) is 11.6. The molecule has 7 heteroatoms. The highest BCUT2D eigenvalue weighted by Gasteiger charge is 2.22. The van der Waals surface area contributed by atoms with Crippen LogP contribution >= 0.6 is 0 Å². The maximum absolute atomic E-state index is 11.8. The van der Waals surface area contributed by atoms with Gasteiger partial charge in [0.15, 0.2) is 0 Å². The van der Waals surface area contributed by atoms with E-state index in [0.717, 1.165) is 41.6 Å². The molecule has 1 aromatic carbocycles. The number of carbonyl (C=O) groups is 1. The minimum absolute atomic E-state index is 0.0290. The SMILES string of the molecule is CN(Cc1cccc(-c2cnc(N3CCC(CCN4CCCCC4)CC3)nc2)c1)C(=O)CN. The topological polar surface area (TPSA) is 78.6 Å². The van der Waals surface area contributed by atoms with Crippen LogP contribution in [0, 0.1) is 5.92 Å². The molecule has 178 valence electrons. The van der Waals surface area contributed by atoms with Gasteiger partial charge in [0.2, 0.25) is 11.9 Å². The Kier molecular flexibility index (Phi) is 8.29. The molecule has 1 aromatic heterocycles. The lowest BCUT2D eigenvalue weighted by atomic mass is 9.93. The van der Waals surface area contributed by atoms with E-state index in [2.05, 4.69) is 31.9 Å². The van der Waals surface area contributed by atoms with Crippen molar-refractivity contribution in [1.29, 1.82) is 0 Å². The first-order chi connectivity index (χ1) is 16.1. The number of aromatic nitrogens is 2. The molecule has 7 nitrogen and oxygen atoms in total. The number of likely N-dealkylation sites (N-methyl/N-ethyl adjacent to an activating group) is 1. The number of hydrogen-bond acceptors (Lipinski definition) is 6. The van der Waals surface area contributed by atoms with Crippen LogP contribution in [0.2, 0.25) is 0 Å². The maximum Gasteiger partial charge on any atom is 0.236 e. The van der Waals surface area contributed by atoms with Gasteiger partial charge in [-0.1, -0.05) is 24.6 Å². The number of hydrogen-bond donors (Lipinski definition) is 1. The molecule has 0 spiro atoms. The van der Waals surface area contributed by atoms with E-state index >= 15 is 0 Å². The van der Waals surface area contributed by atoms with Gasteiger partial charge in [-0.3, -0.25) is 4.79 Å². The number of nitrogens with zero attached hydrogens (tertiary/aromatic N) is 5. The first-order valence-electron chi connectivity index (χ1n) is 12.4. The van der Waals surface area contributed by atoms with E-state index in [9.17, 15) is 4.79 Å². The van der Waals surface area contributed by atoms with Gasteiger partial charge in [-0.25, -0.2) is 9.97 Å². The number of piperidine rings is 2. The predicted octanol–water partition coefficient (Wildman–Crippen LogP) is 3.15. The molecular formula is C26H38N6O. The van der Waals surface area contributed by atoms with Gasteiger partial charge in [-0.05, 0) is 74.8 Å². The van der Waals surface area contributed by atoms with E-state index in [-0.39, 0.29) is 12.5 Å². The van der Waals surface area contributed by atoms with Gasteiger partial charge < -0.3 is 20.4 Å². The van der Waals surface area contributed by atoms with Crippen LogP contribution < -0.4 is 10.6 Å². The molecule has 0 bridgehead atoms. The van der Waals surface area contributed by atoms with Crippen molar-refractivity contribution in [3.8, 4) is 11.1 Å². The maximum atomic E-state index is 11.8. The summed E-state index contributed by atoms with van der Waals surface area (Å²) in [5, 5.41) is 0. The van der Waals surface area contributed by atoms with Crippen LogP contribution in [0.5, 0.6) is 0 Å². The number of rotatable bonds is 8. The molecule has 2 aliphatic rings. The summed E-state index contributed by atoms with van der Waals surface area (Å²) >= 11 is 0. The lowest BCUT2D eigenvalue weighted by Gasteiger charge is -2.34. The summed E-state index contributed by atoms with van der Waals surface area (Å²) in [6, 6.07) is 8.18. The summed E-state index contributed by atoms with van der Waals surface area (Å²) in [5.41, 5.74) is 8.58. The molecule has 2 fully saturated rings. The molecule has 0 saturated carbocycles. The molecule has 0 atom stereocenters. The highest BCUT2D eigenvalue weighted by molar-refractivity contribution is 5.77. The van der Waals surface area contributed by atoms with Crippen molar-refractivity contribution < 1.29 is 4.79 Å². The molecule has 0 aliphatic carbocycles. The Hall–Kier alpha value is -2.51. The van der Waals surface area contributed by atoms with Crippen molar-refractivity contribution in [2.75, 3.05) is 51.2 Å². The Balaban J connectivity index is 1.29. The summed E-state index contributed by atoms with van der Waals surface area (Å²) in [4.78, 5) is 27.7. The van der Waals surface area contributed by atoms with Crippen molar-refractivity contribution in [2.24, 2.45) is 11.7 Å². The summed E-state index contributed by atoms with van der Waals surface area (Å²) < 4.78 is 0. The molecule has 0 unspecified atom stereocenters. The zero-order valence-electron chi connectivity index (χ0n) is 20.0. The molecule has 2 aliphatic heterocycles. The molecule has 4 rings (SSSR count). The van der Waals surface area contributed by atoms with Crippen LogP contribution in [-0.2, 0) is 11.3 Å². The summed E-state index contributed by atoms with van der Waals surface area (Å²) in [7, 11) is 1.77. The molecule has 2 saturated heterocycles. The fraction of sp³-hybridized carbons (Fsp3) is 0.577. The number of anilines is 1. The monoisotopic (exact) mass is 450 g/mol. The second-order valence-electron chi connectivity index (χ2n) is 9.55. The fourth-order valence-electron chi connectivity index (χ4n) is 4.97. The Morgan fingerprint density at radius 1 is 1.06 bits per heavy atom. The third-order valence-corrected chi connectivity index (χ3v) is 7.12. The highest BCUT2D eigenvalue weighted by Crippen LogP contribution is 2.25. The van der Waals surface area contributed by atoms with Crippen LogP contribution in [0.15, 0.2) is 36.7 Å². The first-order valence-corrected chi connectivity index (χ1v) is 12.4. The van der Waals surface area contributed by atoms with E-state index in [1.54, 1.807) is 11.9 Å². The van der Waals surface area contributed by atoms with Gasteiger partial charge in [-0.15, -0.1) is 0 Å². The minimum atomic E-state index is -0.0663. The van der Waals surface area contributed by atoms with Gasteiger partial charge in [0.25, 0.3) is 0 Å². The Morgan fingerprint density at radius 3 is 2.48 bits per heavy atom. The van der Waals surface area contributed by atoms with E-state index in [4.69, 9.17) is 5.73 Å². The number of benzene rings is 1. The highest BCUT2D eigenvalue weighted by atomic mass is 16.2. The average Bonchev–Trinajstić information content (AvgIpc) is 2.88. The molecule has 0 radical (unpaired) electrons. The zero-order valence-corrected chi connectivity index (χ0v) is 20.0. The summed E-state index contributed by atoms with van der Waals surface area (Å²) in [6.07, 6.45) is 11.8. The van der Waals surface area contributed by atoms with E-state index in [1.807, 2.05) is 24.5 Å². The number of carbonyl (C=O) groups excluding carboxylic acids is 1. The van der Waals surface area contributed by atoms with Crippen LogP contribution in [0.1, 0.15) is 44.1 Å². The summed E-state index contributed by atoms with van der Waals surface area (Å²) in [6.45, 7) is 6.51. The van der Waals surface area contributed by atoms with Gasteiger partial charge in [0.1, 0.15) is 0 Å². The summed E-state index contributed by atoms with van der Waals surface area (Å²) in [5.74, 6) is 1.59. The van der Waals surface area contributed by atoms with Crippen molar-refractivity contribution in [3.05, 3.63) is 42.2 Å². The Labute approximate surface area is 198 Å². The molecule has 3 heterocycles. The fourth-order valence-corrected chi connectivity index (χ4v) is 4.97. The van der Waals surface area contributed by atoms with E-state index in [1.165, 1.54) is 58.2 Å². The number of likely N-dealkylation sites (tertiary alicyclic amines) is 1. The first kappa shape index (κ1) is 23.6. The third-order valence-electron chi connectivity index (χ3n) is 7.12. The number of nitrogens with two attached hydrogens (primary N) is 1. The van der Waals surface area contributed by atoms with E-state index < -0.39 is 0 Å². The number of amides is 1. The molecule has 1 amide bonds. The Bertz CT molecular complexity index is 888. The van der Waals surface area contributed by atoms with Crippen molar-refractivity contribution in [3.63, 3.8) is 0 Å². The predicted molar refractivity (Wildman–Crippen MR) is 133 cm³/mol. The lowest BCUT2D eigenvalue weighted by molar-refractivity contribution is -0.128. The van der Waals surface area contributed by atoms with Gasteiger partial charge in [0.05, 0.1) is 6.54 Å². The zero-order chi connectivity index (χ0) is 23.0. The van der Waals surface area contributed by atoms with Gasteiger partial charge in [0, 0.05) is 44.6 Å². The van der Waals surface area contributed by atoms with Crippen molar-refractivity contribution in [1.82, 2.24) is 19.8 Å². The van der Waals surface area contributed by atoms with Crippen LogP contribution in [-0.4, -0.2) is 72.0 Å². The molecule has 2 N–H and O–H groups in total. The van der Waals surface area contributed by atoms with Crippen LogP contribution in [0.4, 0.5) is 5.95 Å². The minimum Gasteiger partial charge on any atom is -0.341 e. The smallest absolute Gasteiger partial charge is 0.236 e.